The molecule has 0 radical (unpaired) electrons. The Hall–Kier alpha value is -1.39. The molecule has 2 aliphatic rings. The Kier molecular flexibility index (Phi) is 4.27. The molecule has 0 aliphatic carbocycles. The lowest BCUT2D eigenvalue weighted by molar-refractivity contribution is -0.117. The van der Waals surface area contributed by atoms with Crippen molar-refractivity contribution in [3.8, 4) is 0 Å². The first kappa shape index (κ1) is 14.5. The summed E-state index contributed by atoms with van der Waals surface area (Å²) in [4.78, 5) is 13.5. The van der Waals surface area contributed by atoms with Gasteiger partial charge < -0.3 is 15.0 Å². The first-order valence-electron chi connectivity index (χ1n) is 7.87. The first-order valence-corrected chi connectivity index (χ1v) is 7.87. The van der Waals surface area contributed by atoms with Crippen LogP contribution in [0.2, 0.25) is 0 Å². The Balaban J connectivity index is 1.69. The summed E-state index contributed by atoms with van der Waals surface area (Å²) in [6, 6.07) is 6.74. The summed E-state index contributed by atoms with van der Waals surface area (Å²) in [7, 11) is 3.85. The zero-order valence-electron chi connectivity index (χ0n) is 12.9. The van der Waals surface area contributed by atoms with Crippen LogP contribution in [0.25, 0.3) is 0 Å². The second-order valence-electron chi connectivity index (χ2n) is 6.07. The number of hydrogen-bond donors (Lipinski definition) is 1. The summed E-state index contributed by atoms with van der Waals surface area (Å²) in [5.74, 6) is 0.183. The van der Waals surface area contributed by atoms with Crippen molar-refractivity contribution in [3.63, 3.8) is 0 Å². The second-order valence-corrected chi connectivity index (χ2v) is 6.07. The van der Waals surface area contributed by atoms with E-state index in [0.717, 1.165) is 30.7 Å². The highest BCUT2D eigenvalue weighted by Crippen LogP contribution is 2.31. The van der Waals surface area contributed by atoms with Crippen LogP contribution >= 0.6 is 0 Å². The molecule has 2 aliphatic heterocycles. The molecule has 114 valence electrons. The quantitative estimate of drug-likeness (QED) is 0.905. The van der Waals surface area contributed by atoms with Crippen LogP contribution in [0.5, 0.6) is 0 Å². The average Bonchev–Trinajstić information content (AvgIpc) is 3.09. The highest BCUT2D eigenvalue weighted by molar-refractivity contribution is 6.00. The van der Waals surface area contributed by atoms with Crippen LogP contribution in [-0.2, 0) is 16.0 Å². The van der Waals surface area contributed by atoms with Gasteiger partial charge in [0.1, 0.15) is 0 Å². The molecular formula is C17H24N2O2. The van der Waals surface area contributed by atoms with Crippen molar-refractivity contribution in [1.82, 2.24) is 5.32 Å². The van der Waals surface area contributed by atoms with Crippen LogP contribution < -0.4 is 10.2 Å². The third kappa shape index (κ3) is 2.97. The molecule has 1 aromatic carbocycles. The fourth-order valence-corrected chi connectivity index (χ4v) is 3.41. The van der Waals surface area contributed by atoms with Gasteiger partial charge in [-0.2, -0.15) is 0 Å². The zero-order valence-corrected chi connectivity index (χ0v) is 12.9. The van der Waals surface area contributed by atoms with Crippen molar-refractivity contribution in [2.24, 2.45) is 0 Å². The molecule has 4 nitrogen and oxygen atoms in total. The van der Waals surface area contributed by atoms with Gasteiger partial charge in [0.25, 0.3) is 0 Å². The van der Waals surface area contributed by atoms with Gasteiger partial charge >= 0.3 is 0 Å². The van der Waals surface area contributed by atoms with Crippen LogP contribution in [0.4, 0.5) is 5.69 Å². The Morgan fingerprint density at radius 3 is 3.05 bits per heavy atom. The second kappa shape index (κ2) is 6.16. The van der Waals surface area contributed by atoms with Crippen LogP contribution in [-0.4, -0.2) is 32.7 Å². The van der Waals surface area contributed by atoms with Gasteiger partial charge in [0.2, 0.25) is 5.91 Å². The number of amides is 1. The molecule has 1 saturated heterocycles. The number of likely N-dealkylation sites (N-methyl/N-ethyl adjacent to an activating group) is 1. The van der Waals surface area contributed by atoms with Gasteiger partial charge in [-0.3, -0.25) is 4.79 Å². The van der Waals surface area contributed by atoms with Crippen molar-refractivity contribution >= 4 is 11.6 Å². The van der Waals surface area contributed by atoms with Gasteiger partial charge in [-0.05, 0) is 49.9 Å². The standard InChI is InChI=1S/C17H24N2O2/c1-18-15(7-6-14-4-3-9-21-14)12-5-8-16-13(10-12)11-17(20)19(16)2/h5,8,10,14-15,18H,3-4,6-7,9,11H2,1-2H3. The van der Waals surface area contributed by atoms with E-state index in [9.17, 15) is 4.79 Å². The van der Waals surface area contributed by atoms with Gasteiger partial charge in [-0.25, -0.2) is 0 Å². The van der Waals surface area contributed by atoms with E-state index in [-0.39, 0.29) is 5.91 Å². The van der Waals surface area contributed by atoms with Crippen molar-refractivity contribution in [2.45, 2.75) is 44.2 Å². The predicted octanol–water partition coefficient (Wildman–Crippen LogP) is 2.43. The molecule has 1 N–H and O–H groups in total. The maximum atomic E-state index is 11.8. The van der Waals surface area contributed by atoms with Gasteiger partial charge in [-0.1, -0.05) is 12.1 Å². The number of carbonyl (C=O) groups excluding carboxylic acids is 1. The molecular weight excluding hydrogens is 264 g/mol. The molecule has 1 fully saturated rings. The summed E-state index contributed by atoms with van der Waals surface area (Å²) in [5, 5.41) is 3.40. The number of ether oxygens (including phenoxy) is 1. The van der Waals surface area contributed by atoms with E-state index in [4.69, 9.17) is 4.74 Å². The Morgan fingerprint density at radius 1 is 1.48 bits per heavy atom. The normalized spacial score (nSPS) is 22.7. The number of nitrogens with zero attached hydrogens (tertiary/aromatic N) is 1. The number of anilines is 1. The average molecular weight is 288 g/mol. The molecule has 1 amide bonds. The fraction of sp³-hybridized carbons (Fsp3) is 0.588. The van der Waals surface area contributed by atoms with E-state index >= 15 is 0 Å². The fourth-order valence-electron chi connectivity index (χ4n) is 3.41. The Bertz CT molecular complexity index is 524. The van der Waals surface area contributed by atoms with Gasteiger partial charge in [0.05, 0.1) is 12.5 Å². The summed E-state index contributed by atoms with van der Waals surface area (Å²) >= 11 is 0. The summed E-state index contributed by atoms with van der Waals surface area (Å²) < 4.78 is 5.71. The summed E-state index contributed by atoms with van der Waals surface area (Å²) in [6.07, 6.45) is 5.53. The van der Waals surface area contributed by atoms with Crippen molar-refractivity contribution in [3.05, 3.63) is 29.3 Å². The predicted molar refractivity (Wildman–Crippen MR) is 83.6 cm³/mol. The highest BCUT2D eigenvalue weighted by atomic mass is 16.5. The minimum Gasteiger partial charge on any atom is -0.378 e. The highest BCUT2D eigenvalue weighted by Gasteiger charge is 2.25. The number of benzene rings is 1. The first-order chi connectivity index (χ1) is 10.2. The van der Waals surface area contributed by atoms with Gasteiger partial charge in [0, 0.05) is 25.4 Å². The number of rotatable bonds is 5. The molecule has 0 spiro atoms. The minimum absolute atomic E-state index is 0.183. The van der Waals surface area contributed by atoms with Gasteiger partial charge in [0.15, 0.2) is 0 Å². The third-order valence-electron chi connectivity index (χ3n) is 4.73. The lowest BCUT2D eigenvalue weighted by Crippen LogP contribution is -2.20. The lowest BCUT2D eigenvalue weighted by atomic mass is 9.97. The molecule has 4 heteroatoms. The van der Waals surface area contributed by atoms with E-state index in [0.29, 0.717) is 18.6 Å². The summed E-state index contributed by atoms with van der Waals surface area (Å²) in [6.45, 7) is 0.919. The van der Waals surface area contributed by atoms with Crippen molar-refractivity contribution < 1.29 is 9.53 Å². The van der Waals surface area contributed by atoms with E-state index in [2.05, 4.69) is 23.5 Å². The molecule has 0 bridgehead atoms. The lowest BCUT2D eigenvalue weighted by Gasteiger charge is -2.20. The maximum Gasteiger partial charge on any atom is 0.231 e. The molecule has 3 rings (SSSR count). The molecule has 2 atom stereocenters. The van der Waals surface area contributed by atoms with E-state index in [1.165, 1.54) is 18.4 Å². The number of fused-ring (bicyclic) bond motifs is 1. The van der Waals surface area contributed by atoms with Crippen LogP contribution in [0.3, 0.4) is 0 Å². The minimum atomic E-state index is 0.183. The van der Waals surface area contributed by atoms with Crippen molar-refractivity contribution in [1.29, 1.82) is 0 Å². The topological polar surface area (TPSA) is 41.6 Å². The SMILES string of the molecule is CNC(CCC1CCCO1)c1ccc2c(c1)CC(=O)N2C. The van der Waals surface area contributed by atoms with Gasteiger partial charge in [-0.15, -0.1) is 0 Å². The molecule has 0 aromatic heterocycles. The van der Waals surface area contributed by atoms with Crippen molar-refractivity contribution in [2.75, 3.05) is 25.6 Å². The molecule has 1 aromatic rings. The largest absolute Gasteiger partial charge is 0.378 e. The van der Waals surface area contributed by atoms with E-state index in [1.807, 2.05) is 14.1 Å². The van der Waals surface area contributed by atoms with E-state index < -0.39 is 0 Å². The number of nitrogens with one attached hydrogen (secondary N) is 1. The van der Waals surface area contributed by atoms with E-state index in [1.54, 1.807) is 4.90 Å². The maximum absolute atomic E-state index is 11.8. The van der Waals surface area contributed by atoms with Crippen LogP contribution in [0.1, 0.15) is 42.9 Å². The smallest absolute Gasteiger partial charge is 0.231 e. The number of hydrogen-bond acceptors (Lipinski definition) is 3. The van der Waals surface area contributed by atoms with Crippen LogP contribution in [0, 0.1) is 0 Å². The van der Waals surface area contributed by atoms with Crippen LogP contribution in [0.15, 0.2) is 18.2 Å². The monoisotopic (exact) mass is 288 g/mol. The summed E-state index contributed by atoms with van der Waals surface area (Å²) in [5.41, 5.74) is 3.48. The Labute approximate surface area is 126 Å². The molecule has 2 heterocycles. The zero-order chi connectivity index (χ0) is 14.8. The Morgan fingerprint density at radius 2 is 2.33 bits per heavy atom. The number of carbonyl (C=O) groups is 1. The molecule has 21 heavy (non-hydrogen) atoms. The molecule has 0 saturated carbocycles. The molecule has 2 unspecified atom stereocenters. The third-order valence-corrected chi connectivity index (χ3v) is 4.73.